The summed E-state index contributed by atoms with van der Waals surface area (Å²) in [5, 5.41) is 7.10. The number of pyridine rings is 1. The molecule has 3 heterocycles. The number of halogens is 1. The van der Waals surface area contributed by atoms with Gasteiger partial charge in [0.25, 0.3) is 0 Å². The van der Waals surface area contributed by atoms with Gasteiger partial charge in [-0.1, -0.05) is 0 Å². The summed E-state index contributed by atoms with van der Waals surface area (Å²) in [6.07, 6.45) is 8.90. The number of aryl methyl sites for hydroxylation is 1. The SMILES string of the molecule is Cn1cc(Nc2nccc(-c3cnc(N(C=O)C4CC4)c(F)c3)n2)cn1. The van der Waals surface area contributed by atoms with Gasteiger partial charge in [0.2, 0.25) is 12.4 Å². The minimum absolute atomic E-state index is 0.0500. The van der Waals surface area contributed by atoms with E-state index in [0.717, 1.165) is 18.5 Å². The van der Waals surface area contributed by atoms with Crippen LogP contribution in [-0.2, 0) is 11.8 Å². The molecule has 1 aliphatic rings. The van der Waals surface area contributed by atoms with Crippen molar-refractivity contribution < 1.29 is 9.18 Å². The Morgan fingerprint density at radius 3 is 2.85 bits per heavy atom. The number of carbonyl (C=O) groups is 1. The number of carbonyl (C=O) groups excluding carboxylic acids is 1. The van der Waals surface area contributed by atoms with Gasteiger partial charge in [-0.15, -0.1) is 0 Å². The molecule has 1 N–H and O–H groups in total. The van der Waals surface area contributed by atoms with E-state index in [4.69, 9.17) is 0 Å². The van der Waals surface area contributed by atoms with Crippen LogP contribution < -0.4 is 10.2 Å². The maximum absolute atomic E-state index is 14.5. The quantitative estimate of drug-likeness (QED) is 0.684. The van der Waals surface area contributed by atoms with E-state index in [1.54, 1.807) is 29.3 Å². The van der Waals surface area contributed by atoms with E-state index in [2.05, 4.69) is 25.4 Å². The van der Waals surface area contributed by atoms with Gasteiger partial charge in [0, 0.05) is 37.2 Å². The molecule has 0 atom stereocenters. The van der Waals surface area contributed by atoms with Crippen molar-refractivity contribution in [3.63, 3.8) is 0 Å². The lowest BCUT2D eigenvalue weighted by molar-refractivity contribution is -0.107. The number of amides is 1. The van der Waals surface area contributed by atoms with E-state index in [-0.39, 0.29) is 11.9 Å². The number of rotatable bonds is 6. The predicted molar refractivity (Wildman–Crippen MR) is 93.3 cm³/mol. The molecular formula is C17H16FN7O. The van der Waals surface area contributed by atoms with Crippen LogP contribution in [0.3, 0.4) is 0 Å². The van der Waals surface area contributed by atoms with Crippen molar-refractivity contribution in [1.82, 2.24) is 24.7 Å². The third-order valence-electron chi connectivity index (χ3n) is 4.03. The Kier molecular flexibility index (Phi) is 4.04. The summed E-state index contributed by atoms with van der Waals surface area (Å²) in [6.45, 7) is 0. The molecule has 3 aromatic rings. The van der Waals surface area contributed by atoms with Crippen molar-refractivity contribution in [2.24, 2.45) is 7.05 Å². The summed E-state index contributed by atoms with van der Waals surface area (Å²) < 4.78 is 16.1. The molecule has 132 valence electrons. The Bertz CT molecular complexity index is 954. The number of aromatic nitrogens is 5. The molecule has 4 rings (SSSR count). The van der Waals surface area contributed by atoms with Crippen molar-refractivity contribution in [3.8, 4) is 11.3 Å². The molecule has 0 spiro atoms. The van der Waals surface area contributed by atoms with Gasteiger partial charge in [0.1, 0.15) is 0 Å². The monoisotopic (exact) mass is 353 g/mol. The van der Waals surface area contributed by atoms with Crippen molar-refractivity contribution in [3.05, 3.63) is 42.7 Å². The highest BCUT2D eigenvalue weighted by molar-refractivity contribution is 5.76. The van der Waals surface area contributed by atoms with Gasteiger partial charge >= 0.3 is 0 Å². The average Bonchev–Trinajstić information content (AvgIpc) is 3.39. The lowest BCUT2D eigenvalue weighted by atomic mass is 10.2. The minimum atomic E-state index is -0.554. The van der Waals surface area contributed by atoms with E-state index >= 15 is 0 Å². The molecule has 0 unspecified atom stereocenters. The largest absolute Gasteiger partial charge is 0.321 e. The molecule has 9 heteroatoms. The Balaban J connectivity index is 1.60. The maximum Gasteiger partial charge on any atom is 0.227 e. The smallest absolute Gasteiger partial charge is 0.227 e. The molecule has 1 saturated carbocycles. The summed E-state index contributed by atoms with van der Waals surface area (Å²) >= 11 is 0. The van der Waals surface area contributed by atoms with Crippen molar-refractivity contribution in [2.75, 3.05) is 10.2 Å². The molecule has 0 saturated heterocycles. The van der Waals surface area contributed by atoms with Crippen LogP contribution in [0, 0.1) is 5.82 Å². The van der Waals surface area contributed by atoms with Crippen molar-refractivity contribution >= 4 is 23.9 Å². The minimum Gasteiger partial charge on any atom is -0.321 e. The van der Waals surface area contributed by atoms with Gasteiger partial charge in [-0.25, -0.2) is 19.3 Å². The highest BCUT2D eigenvalue weighted by Gasteiger charge is 2.31. The highest BCUT2D eigenvalue weighted by atomic mass is 19.1. The molecule has 0 aliphatic heterocycles. The number of anilines is 3. The fraction of sp³-hybridized carbons (Fsp3) is 0.235. The first-order valence-electron chi connectivity index (χ1n) is 8.12. The van der Waals surface area contributed by atoms with Crippen LogP contribution in [0.2, 0.25) is 0 Å². The fourth-order valence-corrected chi connectivity index (χ4v) is 2.62. The summed E-state index contributed by atoms with van der Waals surface area (Å²) in [6, 6.07) is 3.05. The first-order chi connectivity index (χ1) is 12.6. The Morgan fingerprint density at radius 1 is 1.35 bits per heavy atom. The fourth-order valence-electron chi connectivity index (χ4n) is 2.62. The normalized spacial score (nSPS) is 13.5. The van der Waals surface area contributed by atoms with E-state index < -0.39 is 5.82 Å². The predicted octanol–water partition coefficient (Wildman–Crippen LogP) is 2.28. The van der Waals surface area contributed by atoms with E-state index in [1.165, 1.54) is 17.2 Å². The molecule has 0 radical (unpaired) electrons. The van der Waals surface area contributed by atoms with E-state index in [0.29, 0.717) is 23.6 Å². The topological polar surface area (TPSA) is 88.8 Å². The lowest BCUT2D eigenvalue weighted by Crippen LogP contribution is -2.25. The molecule has 1 amide bonds. The van der Waals surface area contributed by atoms with Crippen LogP contribution in [0.4, 0.5) is 21.8 Å². The summed E-state index contributed by atoms with van der Waals surface area (Å²) in [7, 11) is 1.81. The van der Waals surface area contributed by atoms with E-state index in [1.807, 2.05) is 7.05 Å². The second-order valence-corrected chi connectivity index (χ2v) is 6.07. The Hall–Kier alpha value is -3.36. The number of nitrogens with zero attached hydrogens (tertiary/aromatic N) is 6. The van der Waals surface area contributed by atoms with Crippen LogP contribution in [0.15, 0.2) is 36.9 Å². The van der Waals surface area contributed by atoms with Gasteiger partial charge in [-0.2, -0.15) is 5.10 Å². The van der Waals surface area contributed by atoms with Crippen LogP contribution in [0.5, 0.6) is 0 Å². The first-order valence-corrected chi connectivity index (χ1v) is 8.12. The highest BCUT2D eigenvalue weighted by Crippen LogP contribution is 2.32. The van der Waals surface area contributed by atoms with Crippen molar-refractivity contribution in [2.45, 2.75) is 18.9 Å². The second-order valence-electron chi connectivity index (χ2n) is 6.07. The van der Waals surface area contributed by atoms with Gasteiger partial charge < -0.3 is 5.32 Å². The molecular weight excluding hydrogens is 337 g/mol. The van der Waals surface area contributed by atoms with Crippen LogP contribution in [0.25, 0.3) is 11.3 Å². The number of hydrogen-bond donors (Lipinski definition) is 1. The third kappa shape index (κ3) is 3.23. The zero-order valence-corrected chi connectivity index (χ0v) is 14.0. The van der Waals surface area contributed by atoms with Gasteiger partial charge in [-0.3, -0.25) is 14.4 Å². The Labute approximate surface area is 148 Å². The molecule has 0 aromatic carbocycles. The lowest BCUT2D eigenvalue weighted by Gasteiger charge is -2.16. The zero-order chi connectivity index (χ0) is 18.1. The van der Waals surface area contributed by atoms with Gasteiger partial charge in [-0.05, 0) is 25.0 Å². The Morgan fingerprint density at radius 2 is 2.19 bits per heavy atom. The first kappa shape index (κ1) is 16.1. The molecule has 8 nitrogen and oxygen atoms in total. The number of nitrogens with one attached hydrogen (secondary N) is 1. The second kappa shape index (κ2) is 6.51. The third-order valence-corrected chi connectivity index (χ3v) is 4.03. The van der Waals surface area contributed by atoms with Crippen LogP contribution >= 0.6 is 0 Å². The number of hydrogen-bond acceptors (Lipinski definition) is 6. The maximum atomic E-state index is 14.5. The summed E-state index contributed by atoms with van der Waals surface area (Å²) in [5.41, 5.74) is 1.77. The summed E-state index contributed by atoms with van der Waals surface area (Å²) in [5.74, 6) is -0.136. The molecule has 0 bridgehead atoms. The van der Waals surface area contributed by atoms with E-state index in [9.17, 15) is 9.18 Å². The standard InChI is InChI=1S/C17H16FN7O/c1-24-9-12(8-21-24)22-17-19-5-4-15(23-17)11-6-14(18)16(20-7-11)25(10-26)13-2-3-13/h4-10,13H,2-3H2,1H3,(H,19,22,23). The zero-order valence-electron chi connectivity index (χ0n) is 14.0. The van der Waals surface area contributed by atoms with Gasteiger partial charge in [0.05, 0.1) is 17.6 Å². The van der Waals surface area contributed by atoms with Crippen LogP contribution in [0.1, 0.15) is 12.8 Å². The summed E-state index contributed by atoms with van der Waals surface area (Å²) in [4.78, 5) is 25.2. The molecule has 26 heavy (non-hydrogen) atoms. The molecule has 3 aromatic heterocycles. The molecule has 1 aliphatic carbocycles. The van der Waals surface area contributed by atoms with Gasteiger partial charge in [0.15, 0.2) is 11.6 Å². The van der Waals surface area contributed by atoms with Crippen molar-refractivity contribution in [1.29, 1.82) is 0 Å². The average molecular weight is 353 g/mol. The van der Waals surface area contributed by atoms with Crippen LogP contribution in [-0.4, -0.2) is 37.2 Å². The molecule has 1 fully saturated rings.